The summed E-state index contributed by atoms with van der Waals surface area (Å²) in [5.41, 5.74) is 0. The molecule has 0 unspecified atom stereocenters. The van der Waals surface area contributed by atoms with Crippen LogP contribution < -0.4 is 0 Å². The maximum Gasteiger partial charge on any atom is 0.762 e. The van der Waals surface area contributed by atoms with Crippen LogP contribution in [0.4, 0.5) is 17.7 Å². The molecule has 0 saturated heterocycles. The minimum absolute atomic E-state index is 0. The minimum Gasteiger partial charge on any atom is -0.269 e. The van der Waals surface area contributed by atoms with E-state index in [0.717, 1.165) is 0 Å². The molecule has 0 aliphatic rings. The number of halogens is 5. The van der Waals surface area contributed by atoms with Crippen LogP contribution in [0, 0.1) is 0 Å². The van der Waals surface area contributed by atoms with E-state index in [1.807, 2.05) is 0 Å². The largest absolute Gasteiger partial charge is 0.762 e. The van der Waals surface area contributed by atoms with Gasteiger partial charge < -0.3 is 0 Å². The van der Waals surface area contributed by atoms with Crippen molar-refractivity contribution >= 4 is 20.0 Å². The second-order valence-electron chi connectivity index (χ2n) is 0.247. The first kappa shape index (κ1) is 16.5. The van der Waals surface area contributed by atoms with Crippen LogP contribution in [0.25, 0.3) is 0 Å². The third-order valence-corrected chi connectivity index (χ3v) is 0. The standard InChI is InChI=1S/BF3.ClH.FH/c2-1(3)4;;/h;2*1H. The van der Waals surface area contributed by atoms with Gasteiger partial charge in [-0.15, -0.1) is 12.4 Å². The van der Waals surface area contributed by atoms with Crippen LogP contribution in [0.5, 0.6) is 0 Å². The summed E-state index contributed by atoms with van der Waals surface area (Å²) in [6.45, 7) is 0. The van der Waals surface area contributed by atoms with Gasteiger partial charge in [0.2, 0.25) is 0 Å². The van der Waals surface area contributed by atoms with E-state index in [1.54, 1.807) is 0 Å². The first-order valence-corrected chi connectivity index (χ1v) is 0.655. The SMILES string of the molecule is Cl.F.FB(F)F. The number of hydrogen-bond donors (Lipinski definition) is 0. The lowest BCUT2D eigenvalue weighted by molar-refractivity contribution is 0.535. The zero-order valence-electron chi connectivity index (χ0n) is 2.53. The lowest BCUT2D eigenvalue weighted by Gasteiger charge is -1.55. The third-order valence-electron chi connectivity index (χ3n) is 0. The molecule has 0 spiro atoms. The van der Waals surface area contributed by atoms with E-state index in [1.165, 1.54) is 0 Å². The Morgan fingerprint density at radius 1 is 1.00 bits per heavy atom. The molecule has 0 aliphatic heterocycles. The Balaban J connectivity index is -0.0000000450. The van der Waals surface area contributed by atoms with Crippen molar-refractivity contribution in [3.63, 3.8) is 0 Å². The molecule has 0 aromatic carbocycles. The number of rotatable bonds is 0. The van der Waals surface area contributed by atoms with Gasteiger partial charge in [-0.1, -0.05) is 0 Å². The molecule has 0 nitrogen and oxygen atoms in total. The van der Waals surface area contributed by atoms with Crippen molar-refractivity contribution in [3.8, 4) is 0 Å². The van der Waals surface area contributed by atoms with Crippen molar-refractivity contribution in [1.82, 2.24) is 0 Å². The highest BCUT2D eigenvalue weighted by atomic mass is 35.5. The minimum atomic E-state index is -3.67. The Labute approximate surface area is 38.7 Å². The van der Waals surface area contributed by atoms with Crippen LogP contribution >= 0.6 is 12.4 Å². The smallest absolute Gasteiger partial charge is 0.269 e. The second-order valence-corrected chi connectivity index (χ2v) is 0.247. The predicted octanol–water partition coefficient (Wildman–Crippen LogP) is 1.45. The lowest BCUT2D eigenvalue weighted by atomic mass is 10.5. The fourth-order valence-electron chi connectivity index (χ4n) is 0. The van der Waals surface area contributed by atoms with E-state index in [4.69, 9.17) is 0 Å². The average Bonchev–Trinajstić information content (AvgIpc) is 0.811. The molecule has 0 rings (SSSR count). The monoisotopic (exact) mass is 124 g/mol. The molecule has 0 fully saturated rings. The summed E-state index contributed by atoms with van der Waals surface area (Å²) in [6.07, 6.45) is 0. The van der Waals surface area contributed by atoms with Gasteiger partial charge in [0.15, 0.2) is 0 Å². The van der Waals surface area contributed by atoms with Gasteiger partial charge in [0.1, 0.15) is 0 Å². The molecule has 40 valence electrons. The molecule has 0 radical (unpaired) electrons. The molecule has 0 aliphatic carbocycles. The molecule has 0 amide bonds. The van der Waals surface area contributed by atoms with Gasteiger partial charge in [-0.2, -0.15) is 0 Å². The van der Waals surface area contributed by atoms with E-state index in [-0.39, 0.29) is 17.1 Å². The van der Waals surface area contributed by atoms with Crippen molar-refractivity contribution in [1.29, 1.82) is 0 Å². The highest BCUT2D eigenvalue weighted by molar-refractivity contribution is 6.33. The van der Waals surface area contributed by atoms with E-state index < -0.39 is 7.54 Å². The van der Waals surface area contributed by atoms with Gasteiger partial charge in [0.05, 0.1) is 0 Å². The summed E-state index contributed by atoms with van der Waals surface area (Å²) >= 11 is 0. The van der Waals surface area contributed by atoms with Crippen LogP contribution in [0.2, 0.25) is 0 Å². The maximum atomic E-state index is 9.67. The van der Waals surface area contributed by atoms with Gasteiger partial charge >= 0.3 is 7.54 Å². The van der Waals surface area contributed by atoms with Crippen LogP contribution in [-0.4, -0.2) is 7.54 Å². The molecular weight excluding hydrogens is 122 g/mol. The van der Waals surface area contributed by atoms with Crippen LogP contribution in [0.1, 0.15) is 0 Å². The summed E-state index contributed by atoms with van der Waals surface area (Å²) < 4.78 is 29.0. The van der Waals surface area contributed by atoms with Crippen molar-refractivity contribution in [2.75, 3.05) is 0 Å². The van der Waals surface area contributed by atoms with Crippen LogP contribution in [0.15, 0.2) is 0 Å². The molecule has 6 heteroatoms. The summed E-state index contributed by atoms with van der Waals surface area (Å²) in [4.78, 5) is 0. The zero-order chi connectivity index (χ0) is 3.58. The second kappa shape index (κ2) is 8.91. The van der Waals surface area contributed by atoms with E-state index in [0.29, 0.717) is 0 Å². The van der Waals surface area contributed by atoms with Gasteiger partial charge in [-0.25, -0.2) is 0 Å². The van der Waals surface area contributed by atoms with E-state index in [9.17, 15) is 12.9 Å². The molecule has 0 bridgehead atoms. The first-order valence-electron chi connectivity index (χ1n) is 0.655. The average molecular weight is 124 g/mol. The number of hydrogen-bond acceptors (Lipinski definition) is 0. The first-order chi connectivity index (χ1) is 1.73. The van der Waals surface area contributed by atoms with Crippen LogP contribution in [0.3, 0.4) is 0 Å². The maximum absolute atomic E-state index is 9.67. The van der Waals surface area contributed by atoms with Gasteiger partial charge in [-0.05, 0) is 0 Å². The summed E-state index contributed by atoms with van der Waals surface area (Å²) in [7, 11) is -3.67. The van der Waals surface area contributed by atoms with Gasteiger partial charge in [0, 0.05) is 0 Å². The van der Waals surface area contributed by atoms with Crippen LogP contribution in [-0.2, 0) is 0 Å². The molecule has 0 heterocycles. The summed E-state index contributed by atoms with van der Waals surface area (Å²) in [6, 6.07) is 0. The Hall–Kier alpha value is 0.0749. The Kier molecular flexibility index (Phi) is 24.6. The molecule has 0 atom stereocenters. The normalized spacial score (nSPS) is 4.50. The highest BCUT2D eigenvalue weighted by Gasteiger charge is 2.06. The molecule has 6 heavy (non-hydrogen) atoms. The van der Waals surface area contributed by atoms with E-state index in [2.05, 4.69) is 0 Å². The van der Waals surface area contributed by atoms with Gasteiger partial charge in [-0.3, -0.25) is 17.7 Å². The van der Waals surface area contributed by atoms with E-state index >= 15 is 0 Å². The topological polar surface area (TPSA) is 0 Å². The molecular formula is H2BClF4. The summed E-state index contributed by atoms with van der Waals surface area (Å²) in [5, 5.41) is 0. The quantitative estimate of drug-likeness (QED) is 0.339. The zero-order valence-corrected chi connectivity index (χ0v) is 3.34. The predicted molar refractivity (Wildman–Crippen MR) is 18.8 cm³/mol. The van der Waals surface area contributed by atoms with Crippen molar-refractivity contribution in [2.24, 2.45) is 0 Å². The fraction of sp³-hybridized carbons (Fsp3) is 0. The lowest BCUT2D eigenvalue weighted by Crippen LogP contribution is -1.76. The third kappa shape index (κ3) is 6860. The highest BCUT2D eigenvalue weighted by Crippen LogP contribution is 1.80. The fourth-order valence-corrected chi connectivity index (χ4v) is 0. The molecule has 0 aromatic heterocycles. The Morgan fingerprint density at radius 2 is 1.00 bits per heavy atom. The van der Waals surface area contributed by atoms with Crippen molar-refractivity contribution in [3.05, 3.63) is 0 Å². The van der Waals surface area contributed by atoms with Crippen molar-refractivity contribution < 1.29 is 17.7 Å². The molecule has 0 saturated carbocycles. The Morgan fingerprint density at radius 3 is 1.00 bits per heavy atom. The van der Waals surface area contributed by atoms with Gasteiger partial charge in [0.25, 0.3) is 0 Å². The molecule has 0 N–H and O–H groups in total. The van der Waals surface area contributed by atoms with Crippen molar-refractivity contribution in [2.45, 2.75) is 0 Å². The Bertz CT molecular complexity index is 12.3. The summed E-state index contributed by atoms with van der Waals surface area (Å²) in [5.74, 6) is 0. The molecule has 0 aromatic rings.